The summed E-state index contributed by atoms with van der Waals surface area (Å²) in [5.74, 6) is 1.09. The number of nitrogens with one attached hydrogen (secondary N) is 1. The maximum atomic E-state index is 12.2. The molecule has 2 aliphatic rings. The molecular weight excluding hydrogens is 364 g/mol. The summed E-state index contributed by atoms with van der Waals surface area (Å²) >= 11 is 0. The van der Waals surface area contributed by atoms with Gasteiger partial charge in [-0.1, -0.05) is 13.8 Å². The summed E-state index contributed by atoms with van der Waals surface area (Å²) in [5, 5.41) is 3.27. The van der Waals surface area contributed by atoms with Crippen molar-refractivity contribution in [3.05, 3.63) is 29.3 Å². The van der Waals surface area contributed by atoms with Crippen LogP contribution in [-0.4, -0.2) is 62.2 Å². The Kier molecular flexibility index (Phi) is 8.52. The van der Waals surface area contributed by atoms with E-state index in [2.05, 4.69) is 10.2 Å². The van der Waals surface area contributed by atoms with Crippen molar-refractivity contribution in [1.82, 2.24) is 10.2 Å². The van der Waals surface area contributed by atoms with E-state index in [9.17, 15) is 4.79 Å². The molecule has 2 heterocycles. The third-order valence-electron chi connectivity index (χ3n) is 6.04. The molecule has 2 aliphatic heterocycles. The van der Waals surface area contributed by atoms with Crippen LogP contribution in [0.5, 0.6) is 5.75 Å². The average Bonchev–Trinajstić information content (AvgIpc) is 2.68. The maximum Gasteiger partial charge on any atom is 0.165 e. The van der Waals surface area contributed by atoms with E-state index in [0.29, 0.717) is 12.2 Å². The molecule has 0 amide bonds. The second-order valence-electron chi connectivity index (χ2n) is 8.86. The van der Waals surface area contributed by atoms with Crippen LogP contribution < -0.4 is 10.1 Å². The molecule has 162 valence electrons. The van der Waals surface area contributed by atoms with Crippen LogP contribution >= 0.6 is 0 Å². The maximum absolute atomic E-state index is 12.2. The zero-order chi connectivity index (χ0) is 20.6. The van der Waals surface area contributed by atoms with Gasteiger partial charge in [0.25, 0.3) is 0 Å². The number of carbonyl (C=O) groups excluding carboxylic acids is 1. The first-order valence-corrected chi connectivity index (χ1v) is 11.4. The van der Waals surface area contributed by atoms with Crippen molar-refractivity contribution in [3.63, 3.8) is 0 Å². The fourth-order valence-electron chi connectivity index (χ4n) is 4.02. The minimum absolute atomic E-state index is 0.0267. The lowest BCUT2D eigenvalue weighted by Crippen LogP contribution is -2.51. The normalized spacial score (nSPS) is 18.8. The van der Waals surface area contributed by atoms with Gasteiger partial charge in [0, 0.05) is 37.7 Å². The molecule has 0 unspecified atom stereocenters. The average molecular weight is 403 g/mol. The second kappa shape index (κ2) is 11.1. The first kappa shape index (κ1) is 22.3. The monoisotopic (exact) mass is 402 g/mol. The van der Waals surface area contributed by atoms with E-state index < -0.39 is 0 Å². The fourth-order valence-corrected chi connectivity index (χ4v) is 4.02. The van der Waals surface area contributed by atoms with Crippen molar-refractivity contribution in [2.24, 2.45) is 5.92 Å². The molecule has 0 aromatic heterocycles. The highest BCUT2D eigenvalue weighted by atomic mass is 16.5. The highest BCUT2D eigenvalue weighted by Crippen LogP contribution is 2.21. The van der Waals surface area contributed by atoms with Gasteiger partial charge in [0.05, 0.1) is 18.8 Å². The SMILES string of the molecule is Cc1cc(OCCCCCN2CCC(OC3CNC3)CC2)ccc1C(=O)C(C)C. The van der Waals surface area contributed by atoms with Gasteiger partial charge >= 0.3 is 0 Å². The molecule has 5 heteroatoms. The third kappa shape index (κ3) is 6.80. The van der Waals surface area contributed by atoms with E-state index in [1.165, 1.54) is 45.3 Å². The number of carbonyl (C=O) groups is 1. The molecule has 1 aromatic carbocycles. The number of Topliss-reactive ketones (excluding diaryl/α,β-unsaturated/α-hetero) is 1. The smallest absolute Gasteiger partial charge is 0.165 e. The van der Waals surface area contributed by atoms with E-state index in [-0.39, 0.29) is 11.7 Å². The Bertz CT molecular complexity index is 650. The van der Waals surface area contributed by atoms with E-state index in [1.54, 1.807) is 0 Å². The predicted octanol–water partition coefficient (Wildman–Crippen LogP) is 3.84. The minimum atomic E-state index is 0.0267. The Morgan fingerprint density at radius 3 is 2.52 bits per heavy atom. The van der Waals surface area contributed by atoms with Gasteiger partial charge in [0.2, 0.25) is 0 Å². The standard InChI is InChI=1S/C24H38N2O3/c1-18(2)24(27)23-8-7-21(15-19(23)3)28-14-6-4-5-11-26-12-9-20(10-13-26)29-22-16-25-17-22/h7-8,15,18,20,22,25H,4-6,9-14,16-17H2,1-3H3. The molecule has 0 saturated carbocycles. The lowest BCUT2D eigenvalue weighted by atomic mass is 9.97. The van der Waals surface area contributed by atoms with Crippen molar-refractivity contribution >= 4 is 5.78 Å². The Labute approximate surface area is 176 Å². The Morgan fingerprint density at radius 1 is 1.14 bits per heavy atom. The molecule has 0 bridgehead atoms. The lowest BCUT2D eigenvalue weighted by Gasteiger charge is -2.36. The summed E-state index contributed by atoms with van der Waals surface area (Å²) in [4.78, 5) is 14.7. The summed E-state index contributed by atoms with van der Waals surface area (Å²) in [6.07, 6.45) is 6.76. The largest absolute Gasteiger partial charge is 0.494 e. The molecule has 1 aromatic rings. The summed E-state index contributed by atoms with van der Waals surface area (Å²) < 4.78 is 12.0. The molecule has 5 nitrogen and oxygen atoms in total. The molecule has 29 heavy (non-hydrogen) atoms. The van der Waals surface area contributed by atoms with Crippen LogP contribution in [0.15, 0.2) is 18.2 Å². The van der Waals surface area contributed by atoms with Crippen LogP contribution in [0.1, 0.15) is 61.9 Å². The minimum Gasteiger partial charge on any atom is -0.494 e. The number of benzene rings is 1. The van der Waals surface area contributed by atoms with Gasteiger partial charge in [0.15, 0.2) is 5.78 Å². The lowest BCUT2D eigenvalue weighted by molar-refractivity contribution is -0.0620. The number of hydrogen-bond donors (Lipinski definition) is 1. The quantitative estimate of drug-likeness (QED) is 0.450. The van der Waals surface area contributed by atoms with Gasteiger partial charge in [0.1, 0.15) is 5.75 Å². The molecular formula is C24H38N2O3. The zero-order valence-corrected chi connectivity index (χ0v) is 18.4. The summed E-state index contributed by atoms with van der Waals surface area (Å²) in [6.45, 7) is 12.2. The van der Waals surface area contributed by atoms with E-state index in [0.717, 1.165) is 43.0 Å². The molecule has 2 fully saturated rings. The van der Waals surface area contributed by atoms with Gasteiger partial charge in [-0.3, -0.25) is 4.79 Å². The number of hydrogen-bond acceptors (Lipinski definition) is 5. The van der Waals surface area contributed by atoms with Crippen LogP contribution in [0.4, 0.5) is 0 Å². The third-order valence-corrected chi connectivity index (χ3v) is 6.04. The van der Waals surface area contributed by atoms with Crippen molar-refractivity contribution in [3.8, 4) is 5.75 Å². The second-order valence-corrected chi connectivity index (χ2v) is 8.86. The van der Waals surface area contributed by atoms with Crippen LogP contribution in [-0.2, 0) is 4.74 Å². The van der Waals surface area contributed by atoms with E-state index in [1.807, 2.05) is 39.0 Å². The number of likely N-dealkylation sites (tertiary alicyclic amines) is 1. The van der Waals surface area contributed by atoms with Crippen LogP contribution in [0, 0.1) is 12.8 Å². The Hall–Kier alpha value is -1.43. The highest BCUT2D eigenvalue weighted by molar-refractivity contribution is 5.98. The van der Waals surface area contributed by atoms with Crippen LogP contribution in [0.2, 0.25) is 0 Å². The number of rotatable bonds is 11. The van der Waals surface area contributed by atoms with Gasteiger partial charge in [-0.15, -0.1) is 0 Å². The van der Waals surface area contributed by atoms with Gasteiger partial charge in [-0.25, -0.2) is 0 Å². The predicted molar refractivity (Wildman–Crippen MR) is 117 cm³/mol. The Morgan fingerprint density at radius 2 is 1.90 bits per heavy atom. The number of piperidine rings is 1. The summed E-state index contributed by atoms with van der Waals surface area (Å²) in [5.41, 5.74) is 1.81. The van der Waals surface area contributed by atoms with Crippen molar-refractivity contribution in [2.75, 3.05) is 39.3 Å². The van der Waals surface area contributed by atoms with Crippen LogP contribution in [0.25, 0.3) is 0 Å². The van der Waals surface area contributed by atoms with Crippen molar-refractivity contribution in [1.29, 1.82) is 0 Å². The highest BCUT2D eigenvalue weighted by Gasteiger charge is 2.25. The van der Waals surface area contributed by atoms with Gasteiger partial charge in [-0.05, 0) is 69.3 Å². The first-order chi connectivity index (χ1) is 14.0. The number of ketones is 1. The molecule has 0 aliphatic carbocycles. The Balaban J connectivity index is 1.25. The molecule has 3 rings (SSSR count). The van der Waals surface area contributed by atoms with E-state index in [4.69, 9.17) is 9.47 Å². The zero-order valence-electron chi connectivity index (χ0n) is 18.4. The molecule has 0 radical (unpaired) electrons. The number of ether oxygens (including phenoxy) is 2. The molecule has 2 saturated heterocycles. The molecule has 0 spiro atoms. The topological polar surface area (TPSA) is 50.8 Å². The van der Waals surface area contributed by atoms with Crippen molar-refractivity contribution < 1.29 is 14.3 Å². The fraction of sp³-hybridized carbons (Fsp3) is 0.708. The van der Waals surface area contributed by atoms with Gasteiger partial charge < -0.3 is 19.7 Å². The first-order valence-electron chi connectivity index (χ1n) is 11.4. The summed E-state index contributed by atoms with van der Waals surface area (Å²) in [7, 11) is 0. The van der Waals surface area contributed by atoms with Gasteiger partial charge in [-0.2, -0.15) is 0 Å². The van der Waals surface area contributed by atoms with Crippen LogP contribution in [0.3, 0.4) is 0 Å². The molecule has 1 N–H and O–H groups in total. The molecule has 0 atom stereocenters. The number of unbranched alkanes of at least 4 members (excludes halogenated alkanes) is 2. The number of nitrogens with zero attached hydrogens (tertiary/aromatic N) is 1. The summed E-state index contributed by atoms with van der Waals surface area (Å²) in [6, 6.07) is 5.82. The number of aryl methyl sites for hydroxylation is 1. The van der Waals surface area contributed by atoms with E-state index >= 15 is 0 Å². The van der Waals surface area contributed by atoms with Crippen molar-refractivity contribution in [2.45, 2.75) is 65.1 Å².